The van der Waals surface area contributed by atoms with Gasteiger partial charge in [0.15, 0.2) is 11.3 Å². The fourth-order valence-electron chi connectivity index (χ4n) is 5.24. The number of aryl methyl sites for hydroxylation is 1. The fourth-order valence-corrected chi connectivity index (χ4v) is 5.24. The summed E-state index contributed by atoms with van der Waals surface area (Å²) in [6.07, 6.45) is -0.186. The van der Waals surface area contributed by atoms with Gasteiger partial charge in [-0.05, 0) is 55.5 Å². The van der Waals surface area contributed by atoms with Crippen LogP contribution in [0.15, 0.2) is 27.2 Å². The van der Waals surface area contributed by atoms with Gasteiger partial charge in [0.25, 0.3) is 5.91 Å². The summed E-state index contributed by atoms with van der Waals surface area (Å²) in [7, 11) is 1.57. The van der Waals surface area contributed by atoms with E-state index >= 15 is 0 Å². The molecule has 0 unspecified atom stereocenters. The molecule has 0 spiro atoms. The lowest BCUT2D eigenvalue weighted by Crippen LogP contribution is -2.37. The zero-order chi connectivity index (χ0) is 27.0. The smallest absolute Gasteiger partial charge is 0.318 e. The predicted molar refractivity (Wildman–Crippen MR) is 129 cm³/mol. The number of nitrogens with one attached hydrogen (secondary N) is 2. The van der Waals surface area contributed by atoms with E-state index in [2.05, 4.69) is 30.6 Å². The molecule has 13 heteroatoms. The first-order valence-electron chi connectivity index (χ1n) is 12.6. The molecule has 1 saturated carbocycles. The van der Waals surface area contributed by atoms with E-state index in [1.807, 2.05) is 19.1 Å². The van der Waals surface area contributed by atoms with Gasteiger partial charge in [-0.1, -0.05) is 11.2 Å². The first-order chi connectivity index (χ1) is 18.1. The van der Waals surface area contributed by atoms with E-state index in [-0.39, 0.29) is 67.9 Å². The van der Waals surface area contributed by atoms with E-state index in [0.29, 0.717) is 23.3 Å². The number of urea groups is 1. The Kier molecular flexibility index (Phi) is 7.03. The first kappa shape index (κ1) is 26.0. The topological polar surface area (TPSA) is 136 Å². The Balaban J connectivity index is 1.46. The number of hydrogen-bond donors (Lipinski definition) is 2. The molecule has 3 heterocycles. The number of amides is 3. The summed E-state index contributed by atoms with van der Waals surface area (Å²) in [6, 6.07) is 4.16. The minimum Gasteiger partial charge on any atom is -0.438 e. The lowest BCUT2D eigenvalue weighted by Gasteiger charge is -2.32. The quantitative estimate of drug-likeness (QED) is 0.446. The Morgan fingerprint density at radius 1 is 1.32 bits per heavy atom. The van der Waals surface area contributed by atoms with Gasteiger partial charge < -0.3 is 24.7 Å². The van der Waals surface area contributed by atoms with E-state index in [4.69, 9.17) is 9.15 Å². The summed E-state index contributed by atoms with van der Waals surface area (Å²) >= 11 is 0. The van der Waals surface area contributed by atoms with Crippen LogP contribution in [0.3, 0.4) is 0 Å². The highest BCUT2D eigenvalue weighted by Crippen LogP contribution is 2.42. The molecule has 3 atom stereocenters. The number of hydrogen-bond acceptors (Lipinski definition) is 8. The molecule has 5 rings (SSSR count). The Morgan fingerprint density at radius 2 is 2.08 bits per heavy atom. The maximum atomic E-state index is 13.9. The van der Waals surface area contributed by atoms with Crippen molar-refractivity contribution >= 4 is 23.0 Å². The van der Waals surface area contributed by atoms with Crippen molar-refractivity contribution in [2.24, 2.45) is 5.92 Å². The molecule has 0 radical (unpaired) electrons. The van der Waals surface area contributed by atoms with Crippen LogP contribution in [-0.2, 0) is 4.74 Å². The van der Waals surface area contributed by atoms with E-state index in [9.17, 15) is 18.4 Å². The van der Waals surface area contributed by atoms with Crippen molar-refractivity contribution in [2.75, 3.05) is 20.3 Å². The number of ether oxygens (including phenoxy) is 1. The van der Waals surface area contributed by atoms with Crippen molar-refractivity contribution < 1.29 is 32.2 Å². The molecule has 38 heavy (non-hydrogen) atoms. The van der Waals surface area contributed by atoms with Crippen LogP contribution in [0.1, 0.15) is 72.3 Å². The van der Waals surface area contributed by atoms with Gasteiger partial charge in [0.1, 0.15) is 17.3 Å². The molecule has 11 nitrogen and oxygen atoms in total. The average Bonchev–Trinajstić information content (AvgIpc) is 3.58. The van der Waals surface area contributed by atoms with Gasteiger partial charge in [-0.2, -0.15) is 0 Å². The number of rotatable bonds is 8. The SMILES string of the molecule is COC[C@H](c1ccc2oc([C@@H](NC(=O)c3nonc3C)C3CCC(F)(F)CC3)nc2c1)N1C[C@@H](C)NC1=O. The molecular formula is C25H30F2N6O5. The van der Waals surface area contributed by atoms with E-state index in [1.165, 1.54) is 0 Å². The molecule has 1 aliphatic carbocycles. The van der Waals surface area contributed by atoms with Crippen LogP contribution < -0.4 is 10.6 Å². The highest BCUT2D eigenvalue weighted by molar-refractivity contribution is 5.93. The predicted octanol–water partition coefficient (Wildman–Crippen LogP) is 3.92. The second kappa shape index (κ2) is 10.3. The van der Waals surface area contributed by atoms with Gasteiger partial charge in [-0.15, -0.1) is 0 Å². The normalized spacial score (nSPS) is 21.4. The number of alkyl halides is 2. The second-order valence-corrected chi connectivity index (χ2v) is 10.1. The first-order valence-corrected chi connectivity index (χ1v) is 12.6. The lowest BCUT2D eigenvalue weighted by molar-refractivity contribution is -0.0503. The molecule has 3 aromatic rings. The molecule has 1 saturated heterocycles. The highest BCUT2D eigenvalue weighted by Gasteiger charge is 2.40. The molecule has 3 amide bonds. The summed E-state index contributed by atoms with van der Waals surface area (Å²) in [5, 5.41) is 13.1. The van der Waals surface area contributed by atoms with Gasteiger partial charge in [0.2, 0.25) is 11.8 Å². The van der Waals surface area contributed by atoms with Gasteiger partial charge in [0, 0.05) is 32.5 Å². The summed E-state index contributed by atoms with van der Waals surface area (Å²) in [6.45, 7) is 4.34. The molecule has 1 aromatic carbocycles. The minimum atomic E-state index is -2.73. The monoisotopic (exact) mass is 532 g/mol. The molecule has 0 bridgehead atoms. The van der Waals surface area contributed by atoms with Crippen molar-refractivity contribution in [2.45, 2.75) is 63.6 Å². The standard InChI is InChI=1S/C25H30F2N6O5/c1-13-11-33(24(35)28-13)18(12-36-3)16-4-5-19-17(10-16)29-23(37-19)21(15-6-8-25(26,27)9-7-15)30-22(34)20-14(2)31-38-32-20/h4-5,10,13,15,18,21H,6-9,11-12H2,1-3H3,(H,28,35)(H,30,34)/t13-,18-,21+/m1/s1. The van der Waals surface area contributed by atoms with Crippen molar-refractivity contribution in [3.8, 4) is 0 Å². The third kappa shape index (κ3) is 5.19. The van der Waals surface area contributed by atoms with Crippen LogP contribution in [0.2, 0.25) is 0 Å². The Morgan fingerprint density at radius 3 is 2.71 bits per heavy atom. The summed E-state index contributed by atoms with van der Waals surface area (Å²) in [4.78, 5) is 31.8. The largest absolute Gasteiger partial charge is 0.438 e. The molecule has 204 valence electrons. The van der Waals surface area contributed by atoms with Crippen molar-refractivity contribution in [3.05, 3.63) is 41.0 Å². The van der Waals surface area contributed by atoms with Crippen LogP contribution in [0.5, 0.6) is 0 Å². The van der Waals surface area contributed by atoms with Gasteiger partial charge in [-0.25, -0.2) is 23.2 Å². The number of nitrogens with zero attached hydrogens (tertiary/aromatic N) is 4. The molecule has 1 aliphatic heterocycles. The molecular weight excluding hydrogens is 502 g/mol. The van der Waals surface area contributed by atoms with E-state index in [1.54, 1.807) is 25.0 Å². The number of carbonyl (C=O) groups excluding carboxylic acids is 2. The van der Waals surface area contributed by atoms with Crippen LogP contribution in [0.25, 0.3) is 11.1 Å². The van der Waals surface area contributed by atoms with Gasteiger partial charge in [0.05, 0.1) is 12.6 Å². The summed E-state index contributed by atoms with van der Waals surface area (Å²) < 4.78 is 43.9. The minimum absolute atomic E-state index is 0.00932. The third-order valence-electron chi connectivity index (χ3n) is 7.27. The second-order valence-electron chi connectivity index (χ2n) is 10.1. The Bertz CT molecular complexity index is 1320. The van der Waals surface area contributed by atoms with Crippen LogP contribution in [0.4, 0.5) is 13.6 Å². The Labute approximate surface area is 217 Å². The zero-order valence-corrected chi connectivity index (χ0v) is 21.4. The van der Waals surface area contributed by atoms with E-state index in [0.717, 1.165) is 5.56 Å². The Hall–Kier alpha value is -3.61. The van der Waals surface area contributed by atoms with Crippen LogP contribution in [-0.4, -0.2) is 64.4 Å². The van der Waals surface area contributed by atoms with E-state index < -0.39 is 17.9 Å². The molecule has 2 N–H and O–H groups in total. The lowest BCUT2D eigenvalue weighted by atomic mass is 9.82. The zero-order valence-electron chi connectivity index (χ0n) is 21.4. The number of aromatic nitrogens is 3. The summed E-state index contributed by atoms with van der Waals surface area (Å²) in [5.74, 6) is -3.39. The maximum Gasteiger partial charge on any atom is 0.318 e. The molecule has 2 aliphatic rings. The number of oxazole rings is 1. The third-order valence-corrected chi connectivity index (χ3v) is 7.27. The number of halogens is 2. The van der Waals surface area contributed by atoms with Crippen LogP contribution >= 0.6 is 0 Å². The summed E-state index contributed by atoms with van der Waals surface area (Å²) in [5.41, 5.74) is 2.12. The van der Waals surface area contributed by atoms with Crippen LogP contribution in [0, 0.1) is 12.8 Å². The number of fused-ring (bicyclic) bond motifs is 1. The highest BCUT2D eigenvalue weighted by atomic mass is 19.3. The van der Waals surface area contributed by atoms with Crippen molar-refractivity contribution in [1.82, 2.24) is 30.8 Å². The van der Waals surface area contributed by atoms with Crippen molar-refractivity contribution in [1.29, 1.82) is 0 Å². The number of methoxy groups -OCH3 is 1. The van der Waals surface area contributed by atoms with Crippen molar-refractivity contribution in [3.63, 3.8) is 0 Å². The average molecular weight is 533 g/mol. The van der Waals surface area contributed by atoms with Gasteiger partial charge in [-0.3, -0.25) is 4.79 Å². The molecule has 2 aromatic heterocycles. The number of carbonyl (C=O) groups is 2. The molecule has 2 fully saturated rings. The van der Waals surface area contributed by atoms with Gasteiger partial charge >= 0.3 is 6.03 Å². The maximum absolute atomic E-state index is 13.9. The fraction of sp³-hybridized carbons (Fsp3) is 0.560. The number of benzene rings is 1.